The summed E-state index contributed by atoms with van der Waals surface area (Å²) in [5.41, 5.74) is 2.38. The summed E-state index contributed by atoms with van der Waals surface area (Å²) in [5.74, 6) is -0.242. The molecule has 98 valence electrons. The monoisotopic (exact) mass is 247 g/mol. The zero-order chi connectivity index (χ0) is 13.1. The molecule has 0 spiro atoms. The summed E-state index contributed by atoms with van der Waals surface area (Å²) in [4.78, 5) is 11.2. The van der Waals surface area contributed by atoms with Crippen LogP contribution in [0.3, 0.4) is 0 Å². The van der Waals surface area contributed by atoms with E-state index in [1.165, 1.54) is 5.56 Å². The van der Waals surface area contributed by atoms with Crippen molar-refractivity contribution >= 4 is 5.97 Å². The molecule has 1 aromatic rings. The standard InChI is InChI=1S/C15H21NO2/c1-10(2)12-5-3-11(4-6-12)9-14(15(17)18)16-13-7-8-13/h3-6,10,13-14,16H,7-9H2,1-2H3,(H,17,18). The van der Waals surface area contributed by atoms with Crippen LogP contribution in [0, 0.1) is 0 Å². The van der Waals surface area contributed by atoms with E-state index in [9.17, 15) is 9.90 Å². The number of carboxylic acid groups (broad SMARTS) is 1. The Morgan fingerprint density at radius 2 is 1.94 bits per heavy atom. The molecule has 2 rings (SSSR count). The fourth-order valence-corrected chi connectivity index (χ4v) is 2.03. The van der Waals surface area contributed by atoms with Gasteiger partial charge in [0.05, 0.1) is 0 Å². The van der Waals surface area contributed by atoms with Crippen molar-refractivity contribution in [2.75, 3.05) is 0 Å². The number of benzene rings is 1. The second-order valence-corrected chi connectivity index (χ2v) is 5.43. The van der Waals surface area contributed by atoms with E-state index in [-0.39, 0.29) is 0 Å². The first-order chi connectivity index (χ1) is 8.56. The van der Waals surface area contributed by atoms with Crippen molar-refractivity contribution in [1.82, 2.24) is 5.32 Å². The normalized spacial score (nSPS) is 16.8. The highest BCUT2D eigenvalue weighted by molar-refractivity contribution is 5.74. The molecule has 3 nitrogen and oxygen atoms in total. The van der Waals surface area contributed by atoms with Crippen LogP contribution in [0.4, 0.5) is 0 Å². The molecule has 0 saturated heterocycles. The van der Waals surface area contributed by atoms with Gasteiger partial charge in [-0.2, -0.15) is 0 Å². The van der Waals surface area contributed by atoms with Crippen LogP contribution in [-0.2, 0) is 11.2 Å². The number of nitrogens with one attached hydrogen (secondary N) is 1. The van der Waals surface area contributed by atoms with Crippen LogP contribution in [0.25, 0.3) is 0 Å². The lowest BCUT2D eigenvalue weighted by molar-refractivity contribution is -0.139. The van der Waals surface area contributed by atoms with Gasteiger partial charge >= 0.3 is 5.97 Å². The summed E-state index contributed by atoms with van der Waals surface area (Å²) >= 11 is 0. The van der Waals surface area contributed by atoms with Crippen LogP contribution >= 0.6 is 0 Å². The number of hydrogen-bond acceptors (Lipinski definition) is 2. The predicted octanol–water partition coefficient (Wildman–Crippen LogP) is 2.56. The minimum absolute atomic E-state index is 0.418. The van der Waals surface area contributed by atoms with Gasteiger partial charge in [-0.25, -0.2) is 0 Å². The quantitative estimate of drug-likeness (QED) is 0.812. The van der Waals surface area contributed by atoms with Gasteiger partial charge in [0.15, 0.2) is 0 Å². The molecule has 0 aliphatic heterocycles. The number of hydrogen-bond donors (Lipinski definition) is 2. The molecule has 1 fully saturated rings. The lowest BCUT2D eigenvalue weighted by atomic mass is 9.99. The third kappa shape index (κ3) is 3.57. The van der Waals surface area contributed by atoms with E-state index in [4.69, 9.17) is 0 Å². The van der Waals surface area contributed by atoms with Crippen LogP contribution in [0.1, 0.15) is 43.7 Å². The lowest BCUT2D eigenvalue weighted by Gasteiger charge is -2.14. The molecule has 0 radical (unpaired) electrons. The Morgan fingerprint density at radius 3 is 2.39 bits per heavy atom. The number of rotatable bonds is 6. The lowest BCUT2D eigenvalue weighted by Crippen LogP contribution is -2.39. The van der Waals surface area contributed by atoms with E-state index >= 15 is 0 Å². The molecular formula is C15H21NO2. The van der Waals surface area contributed by atoms with Gasteiger partial charge in [0, 0.05) is 6.04 Å². The van der Waals surface area contributed by atoms with Crippen LogP contribution in [-0.4, -0.2) is 23.2 Å². The van der Waals surface area contributed by atoms with Crippen LogP contribution in [0.5, 0.6) is 0 Å². The van der Waals surface area contributed by atoms with Crippen molar-refractivity contribution in [3.8, 4) is 0 Å². The average molecular weight is 247 g/mol. The van der Waals surface area contributed by atoms with Gasteiger partial charge in [-0.15, -0.1) is 0 Å². The van der Waals surface area contributed by atoms with Crippen LogP contribution < -0.4 is 5.32 Å². The summed E-state index contributed by atoms with van der Waals surface area (Å²) in [6.45, 7) is 4.31. The summed E-state index contributed by atoms with van der Waals surface area (Å²) in [6, 6.07) is 8.23. The van der Waals surface area contributed by atoms with Gasteiger partial charge in [0.1, 0.15) is 6.04 Å². The first kappa shape index (κ1) is 13.1. The van der Waals surface area contributed by atoms with E-state index in [1.807, 2.05) is 12.1 Å². The minimum atomic E-state index is -0.755. The molecule has 1 aliphatic rings. The molecule has 1 saturated carbocycles. The zero-order valence-electron chi connectivity index (χ0n) is 11.0. The Bertz CT molecular complexity index is 407. The van der Waals surface area contributed by atoms with Gasteiger partial charge in [-0.1, -0.05) is 38.1 Å². The fourth-order valence-electron chi connectivity index (χ4n) is 2.03. The maximum absolute atomic E-state index is 11.2. The van der Waals surface area contributed by atoms with Crippen molar-refractivity contribution < 1.29 is 9.90 Å². The minimum Gasteiger partial charge on any atom is -0.480 e. The zero-order valence-corrected chi connectivity index (χ0v) is 11.0. The molecule has 3 heteroatoms. The smallest absolute Gasteiger partial charge is 0.321 e. The predicted molar refractivity (Wildman–Crippen MR) is 71.8 cm³/mol. The van der Waals surface area contributed by atoms with E-state index < -0.39 is 12.0 Å². The van der Waals surface area contributed by atoms with Crippen molar-refractivity contribution in [2.24, 2.45) is 0 Å². The Labute approximate surface area is 108 Å². The van der Waals surface area contributed by atoms with E-state index in [2.05, 4.69) is 31.3 Å². The molecule has 2 N–H and O–H groups in total. The molecule has 0 bridgehead atoms. The SMILES string of the molecule is CC(C)c1ccc(CC(NC2CC2)C(=O)O)cc1. The van der Waals surface area contributed by atoms with Crippen LogP contribution in [0.15, 0.2) is 24.3 Å². The molecular weight excluding hydrogens is 226 g/mol. The van der Waals surface area contributed by atoms with Crippen LogP contribution in [0.2, 0.25) is 0 Å². The van der Waals surface area contributed by atoms with Gasteiger partial charge in [-0.3, -0.25) is 4.79 Å². The van der Waals surface area contributed by atoms with Gasteiger partial charge in [0.2, 0.25) is 0 Å². The molecule has 0 heterocycles. The summed E-state index contributed by atoms with van der Waals surface area (Å²) in [6.07, 6.45) is 2.77. The number of carbonyl (C=O) groups is 1. The topological polar surface area (TPSA) is 49.3 Å². The number of carboxylic acids is 1. The molecule has 1 aromatic carbocycles. The maximum Gasteiger partial charge on any atom is 0.321 e. The molecule has 18 heavy (non-hydrogen) atoms. The molecule has 1 aliphatic carbocycles. The van der Waals surface area contributed by atoms with Crippen molar-refractivity contribution in [2.45, 2.75) is 51.1 Å². The summed E-state index contributed by atoms with van der Waals surface area (Å²) < 4.78 is 0. The third-order valence-electron chi connectivity index (χ3n) is 3.40. The van der Waals surface area contributed by atoms with Gasteiger partial charge in [0.25, 0.3) is 0 Å². The fraction of sp³-hybridized carbons (Fsp3) is 0.533. The summed E-state index contributed by atoms with van der Waals surface area (Å²) in [7, 11) is 0. The van der Waals surface area contributed by atoms with Gasteiger partial charge < -0.3 is 10.4 Å². The van der Waals surface area contributed by atoms with Crippen molar-refractivity contribution in [3.05, 3.63) is 35.4 Å². The maximum atomic E-state index is 11.2. The second kappa shape index (κ2) is 5.53. The molecule has 0 aromatic heterocycles. The second-order valence-electron chi connectivity index (χ2n) is 5.43. The van der Waals surface area contributed by atoms with Gasteiger partial charge in [-0.05, 0) is 36.3 Å². The molecule has 1 unspecified atom stereocenters. The highest BCUT2D eigenvalue weighted by atomic mass is 16.4. The van der Waals surface area contributed by atoms with E-state index in [1.54, 1.807) is 0 Å². The highest BCUT2D eigenvalue weighted by Gasteiger charge is 2.28. The highest BCUT2D eigenvalue weighted by Crippen LogP contribution is 2.21. The molecule has 0 amide bonds. The first-order valence-electron chi connectivity index (χ1n) is 6.64. The van der Waals surface area contributed by atoms with E-state index in [0.29, 0.717) is 18.4 Å². The van der Waals surface area contributed by atoms with Crippen molar-refractivity contribution in [1.29, 1.82) is 0 Å². The number of aliphatic carboxylic acids is 1. The third-order valence-corrected chi connectivity index (χ3v) is 3.40. The first-order valence-corrected chi connectivity index (χ1v) is 6.64. The summed E-state index contributed by atoms with van der Waals surface area (Å²) in [5, 5.41) is 12.4. The van der Waals surface area contributed by atoms with E-state index in [0.717, 1.165) is 18.4 Å². The Kier molecular flexibility index (Phi) is 4.02. The largest absolute Gasteiger partial charge is 0.480 e. The Morgan fingerprint density at radius 1 is 1.33 bits per heavy atom. The Balaban J connectivity index is 1.99. The van der Waals surface area contributed by atoms with Crippen molar-refractivity contribution in [3.63, 3.8) is 0 Å². The molecule has 1 atom stereocenters. The Hall–Kier alpha value is -1.35. The average Bonchev–Trinajstić information content (AvgIpc) is 3.12.